The number of rotatable bonds is 8. The highest BCUT2D eigenvalue weighted by atomic mass is 19.4. The van der Waals surface area contributed by atoms with Crippen molar-refractivity contribution in [3.63, 3.8) is 0 Å². The third-order valence-corrected chi connectivity index (χ3v) is 5.95. The van der Waals surface area contributed by atoms with Crippen molar-refractivity contribution in [1.29, 1.82) is 0 Å². The van der Waals surface area contributed by atoms with Gasteiger partial charge in [0.2, 0.25) is 0 Å². The van der Waals surface area contributed by atoms with Crippen molar-refractivity contribution in [2.75, 3.05) is 7.11 Å². The molecule has 8 heteroatoms. The van der Waals surface area contributed by atoms with E-state index in [0.29, 0.717) is 5.56 Å². The van der Waals surface area contributed by atoms with Gasteiger partial charge < -0.3 is 14.2 Å². The first-order valence-corrected chi connectivity index (χ1v) is 11.2. The summed E-state index contributed by atoms with van der Waals surface area (Å²) in [6.07, 6.45) is -6.10. The number of benzene rings is 3. The molecule has 0 saturated heterocycles. The van der Waals surface area contributed by atoms with E-state index in [0.717, 1.165) is 24.8 Å². The SMILES string of the molecule is CO[C@](C(=O)OC1=C(Cc2ccccc2)C(=O)O[C@H]1Cc1ccccc1)(c1ccccc1)C(F)(F)F. The van der Waals surface area contributed by atoms with Gasteiger partial charge in [0, 0.05) is 25.5 Å². The molecule has 0 unspecified atom stereocenters. The topological polar surface area (TPSA) is 61.8 Å². The average Bonchev–Trinajstić information content (AvgIpc) is 3.14. The Balaban J connectivity index is 1.77. The predicted octanol–water partition coefficient (Wildman–Crippen LogP) is 5.30. The fourth-order valence-corrected chi connectivity index (χ4v) is 4.16. The zero-order chi connectivity index (χ0) is 25.8. The van der Waals surface area contributed by atoms with Crippen LogP contribution in [0.25, 0.3) is 0 Å². The van der Waals surface area contributed by atoms with Gasteiger partial charge in [-0.2, -0.15) is 13.2 Å². The van der Waals surface area contributed by atoms with Gasteiger partial charge in [-0.15, -0.1) is 0 Å². The van der Waals surface area contributed by atoms with Crippen LogP contribution in [0.15, 0.2) is 102 Å². The van der Waals surface area contributed by atoms with Gasteiger partial charge in [-0.1, -0.05) is 91.0 Å². The van der Waals surface area contributed by atoms with Crippen LogP contribution in [0.3, 0.4) is 0 Å². The molecule has 0 spiro atoms. The van der Waals surface area contributed by atoms with Gasteiger partial charge in [0.05, 0.1) is 5.57 Å². The van der Waals surface area contributed by atoms with Crippen LogP contribution >= 0.6 is 0 Å². The first-order valence-electron chi connectivity index (χ1n) is 11.2. The van der Waals surface area contributed by atoms with Crippen molar-refractivity contribution in [1.82, 2.24) is 0 Å². The second-order valence-electron chi connectivity index (χ2n) is 8.23. The van der Waals surface area contributed by atoms with Crippen LogP contribution < -0.4 is 0 Å². The van der Waals surface area contributed by atoms with Crippen LogP contribution in [0.5, 0.6) is 0 Å². The van der Waals surface area contributed by atoms with Gasteiger partial charge >= 0.3 is 18.1 Å². The number of cyclic esters (lactones) is 1. The van der Waals surface area contributed by atoms with E-state index in [1.54, 1.807) is 60.7 Å². The smallest absolute Gasteiger partial charge is 0.432 e. The Morgan fingerprint density at radius 3 is 1.92 bits per heavy atom. The maximum Gasteiger partial charge on any atom is 0.432 e. The van der Waals surface area contributed by atoms with Crippen molar-refractivity contribution < 1.29 is 37.0 Å². The summed E-state index contributed by atoms with van der Waals surface area (Å²) in [5.74, 6) is -2.71. The summed E-state index contributed by atoms with van der Waals surface area (Å²) in [5.41, 5.74) is -2.41. The second-order valence-corrected chi connectivity index (χ2v) is 8.23. The molecule has 0 saturated carbocycles. The number of esters is 2. The summed E-state index contributed by atoms with van der Waals surface area (Å²) >= 11 is 0. The highest BCUT2D eigenvalue weighted by Crippen LogP contribution is 2.44. The lowest BCUT2D eigenvalue weighted by atomic mass is 9.92. The number of hydrogen-bond acceptors (Lipinski definition) is 5. The third kappa shape index (κ3) is 4.90. The normalized spacial score (nSPS) is 17.4. The molecule has 3 aromatic rings. The molecule has 0 fully saturated rings. The van der Waals surface area contributed by atoms with Crippen molar-refractivity contribution >= 4 is 11.9 Å². The number of ether oxygens (including phenoxy) is 3. The van der Waals surface area contributed by atoms with E-state index >= 15 is 0 Å². The van der Waals surface area contributed by atoms with Crippen LogP contribution in [0, 0.1) is 0 Å². The molecule has 0 aliphatic carbocycles. The minimum atomic E-state index is -5.15. The first kappa shape index (κ1) is 25.2. The van der Waals surface area contributed by atoms with E-state index < -0.39 is 35.4 Å². The van der Waals surface area contributed by atoms with Gasteiger partial charge in [0.25, 0.3) is 5.60 Å². The molecule has 0 bridgehead atoms. The molecule has 0 amide bonds. The minimum Gasteiger partial charge on any atom is -0.450 e. The summed E-state index contributed by atoms with van der Waals surface area (Å²) in [7, 11) is 0.790. The number of alkyl halides is 3. The Morgan fingerprint density at radius 1 is 0.861 bits per heavy atom. The van der Waals surface area contributed by atoms with Crippen molar-refractivity contribution in [3.05, 3.63) is 119 Å². The Hall–Kier alpha value is -3.91. The highest BCUT2D eigenvalue weighted by molar-refractivity contribution is 5.94. The van der Waals surface area contributed by atoms with Crippen molar-refractivity contribution in [2.45, 2.75) is 30.7 Å². The number of carbonyl (C=O) groups excluding carboxylic acids is 2. The molecule has 2 atom stereocenters. The number of methoxy groups -OCH3 is 1. The molecule has 0 radical (unpaired) electrons. The van der Waals surface area contributed by atoms with E-state index in [-0.39, 0.29) is 24.2 Å². The zero-order valence-electron chi connectivity index (χ0n) is 19.3. The summed E-state index contributed by atoms with van der Waals surface area (Å²) < 4.78 is 59.0. The van der Waals surface area contributed by atoms with Gasteiger partial charge in [-0.3, -0.25) is 0 Å². The van der Waals surface area contributed by atoms with E-state index in [1.807, 2.05) is 0 Å². The highest BCUT2D eigenvalue weighted by Gasteiger charge is 2.64. The van der Waals surface area contributed by atoms with E-state index in [1.165, 1.54) is 18.2 Å². The fourth-order valence-electron chi connectivity index (χ4n) is 4.16. The number of halogens is 3. The van der Waals surface area contributed by atoms with Crippen LogP contribution in [-0.4, -0.2) is 31.3 Å². The van der Waals surface area contributed by atoms with Crippen LogP contribution in [0.2, 0.25) is 0 Å². The monoisotopic (exact) mass is 496 g/mol. The Labute approximate surface area is 206 Å². The van der Waals surface area contributed by atoms with E-state index in [2.05, 4.69) is 0 Å². The number of carbonyl (C=O) groups is 2. The molecule has 0 N–H and O–H groups in total. The van der Waals surface area contributed by atoms with E-state index in [4.69, 9.17) is 14.2 Å². The van der Waals surface area contributed by atoms with Gasteiger partial charge in [0.1, 0.15) is 0 Å². The van der Waals surface area contributed by atoms with Crippen LogP contribution in [0.4, 0.5) is 13.2 Å². The predicted molar refractivity (Wildman–Crippen MR) is 124 cm³/mol. The Kier molecular flexibility index (Phi) is 7.26. The molecule has 0 aromatic heterocycles. The second kappa shape index (κ2) is 10.4. The first-order chi connectivity index (χ1) is 17.3. The van der Waals surface area contributed by atoms with Gasteiger partial charge in [-0.05, 0) is 11.1 Å². The third-order valence-electron chi connectivity index (χ3n) is 5.95. The largest absolute Gasteiger partial charge is 0.450 e. The van der Waals surface area contributed by atoms with Crippen molar-refractivity contribution in [2.24, 2.45) is 0 Å². The van der Waals surface area contributed by atoms with Gasteiger partial charge in [0.15, 0.2) is 11.9 Å². The minimum absolute atomic E-state index is 0.0179. The summed E-state index contributed by atoms with van der Waals surface area (Å²) in [5, 5.41) is 0. The van der Waals surface area contributed by atoms with Crippen LogP contribution in [-0.2, 0) is 42.2 Å². The number of hydrogen-bond donors (Lipinski definition) is 0. The quantitative estimate of drug-likeness (QED) is 0.396. The molecule has 3 aromatic carbocycles. The molecule has 186 valence electrons. The summed E-state index contributed by atoms with van der Waals surface area (Å²) in [6, 6.07) is 24.3. The standard InChI is InChI=1S/C28H23F3O5/c1-34-27(28(29,30)31,21-15-9-4-10-16-21)26(33)36-24-22(17-19-11-5-2-6-12-19)25(32)35-23(24)18-20-13-7-3-8-14-20/h2-16,23H,17-18H2,1H3/t23-,27-/m0/s1. The molecule has 36 heavy (non-hydrogen) atoms. The molecular formula is C28H23F3O5. The maximum atomic E-state index is 14.4. The van der Waals surface area contributed by atoms with Crippen molar-refractivity contribution in [3.8, 4) is 0 Å². The molecule has 1 aliphatic rings. The lowest BCUT2D eigenvalue weighted by molar-refractivity contribution is -0.275. The average molecular weight is 496 g/mol. The maximum absolute atomic E-state index is 14.4. The molecular weight excluding hydrogens is 473 g/mol. The Bertz CT molecular complexity index is 1240. The summed E-state index contributed by atoms with van der Waals surface area (Å²) in [6.45, 7) is 0. The molecule has 1 heterocycles. The van der Waals surface area contributed by atoms with Gasteiger partial charge in [-0.25, -0.2) is 9.59 Å². The lowest BCUT2D eigenvalue weighted by Crippen LogP contribution is -2.52. The van der Waals surface area contributed by atoms with Crippen LogP contribution in [0.1, 0.15) is 16.7 Å². The van der Waals surface area contributed by atoms with E-state index in [9.17, 15) is 22.8 Å². The molecule has 1 aliphatic heterocycles. The summed E-state index contributed by atoms with van der Waals surface area (Å²) in [4.78, 5) is 26.2. The molecule has 4 rings (SSSR count). The lowest BCUT2D eigenvalue weighted by Gasteiger charge is -2.32. The fraction of sp³-hybridized carbons (Fsp3) is 0.214. The molecule has 5 nitrogen and oxygen atoms in total. The Morgan fingerprint density at radius 2 is 1.39 bits per heavy atom. The zero-order valence-corrected chi connectivity index (χ0v) is 19.3.